The van der Waals surface area contributed by atoms with Gasteiger partial charge in [-0.1, -0.05) is 0 Å². The Hall–Kier alpha value is -1.73. The molecule has 0 saturated heterocycles. The molecular weight excluding hydrogens is 184 g/mol. The minimum absolute atomic E-state index is 0.168. The SMILES string of the molecule is N#Cc1cc2c(O)ccc(N)c2s1. The molecular formula is C9H6N2OS. The normalized spacial score (nSPS) is 10.1. The Morgan fingerprint density at radius 2 is 2.23 bits per heavy atom. The van der Waals surface area contributed by atoms with Gasteiger partial charge in [-0.25, -0.2) is 0 Å². The average Bonchev–Trinajstić information content (AvgIpc) is 2.56. The summed E-state index contributed by atoms with van der Waals surface area (Å²) in [6, 6.07) is 6.83. The fraction of sp³-hybridized carbons (Fsp3) is 0. The van der Waals surface area contributed by atoms with Gasteiger partial charge in [-0.2, -0.15) is 5.26 Å². The summed E-state index contributed by atoms with van der Waals surface area (Å²) in [5.74, 6) is 0.168. The zero-order valence-corrected chi connectivity index (χ0v) is 7.43. The van der Waals surface area contributed by atoms with Gasteiger partial charge >= 0.3 is 0 Å². The second kappa shape index (κ2) is 2.64. The van der Waals surface area contributed by atoms with E-state index in [-0.39, 0.29) is 5.75 Å². The molecule has 64 valence electrons. The van der Waals surface area contributed by atoms with Crippen LogP contribution in [0.3, 0.4) is 0 Å². The van der Waals surface area contributed by atoms with Crippen molar-refractivity contribution in [2.75, 3.05) is 5.73 Å². The summed E-state index contributed by atoms with van der Waals surface area (Å²) < 4.78 is 0.775. The summed E-state index contributed by atoms with van der Waals surface area (Å²) in [6.45, 7) is 0. The van der Waals surface area contributed by atoms with Crippen molar-refractivity contribution < 1.29 is 5.11 Å². The van der Waals surface area contributed by atoms with Crippen LogP contribution in [0.25, 0.3) is 10.1 Å². The van der Waals surface area contributed by atoms with E-state index in [0.29, 0.717) is 16.0 Å². The van der Waals surface area contributed by atoms with Gasteiger partial charge in [-0.15, -0.1) is 11.3 Å². The Bertz CT molecular complexity index is 471. The van der Waals surface area contributed by atoms with Crippen LogP contribution in [0.15, 0.2) is 18.2 Å². The van der Waals surface area contributed by atoms with Crippen molar-refractivity contribution in [2.45, 2.75) is 0 Å². The van der Waals surface area contributed by atoms with Crippen LogP contribution >= 0.6 is 11.3 Å². The average molecular weight is 190 g/mol. The van der Waals surface area contributed by atoms with E-state index in [2.05, 4.69) is 0 Å². The number of nitrogens with two attached hydrogens (primary N) is 1. The van der Waals surface area contributed by atoms with E-state index in [1.54, 1.807) is 12.1 Å². The Kier molecular flexibility index (Phi) is 1.61. The maximum Gasteiger partial charge on any atom is 0.124 e. The Balaban J connectivity index is 2.90. The van der Waals surface area contributed by atoms with Gasteiger partial charge in [0.1, 0.15) is 16.7 Å². The van der Waals surface area contributed by atoms with E-state index in [0.717, 1.165) is 4.70 Å². The largest absolute Gasteiger partial charge is 0.507 e. The van der Waals surface area contributed by atoms with Gasteiger partial charge in [0.05, 0.1) is 4.70 Å². The smallest absolute Gasteiger partial charge is 0.124 e. The third-order valence-corrected chi connectivity index (χ3v) is 2.89. The first-order chi connectivity index (χ1) is 6.22. The van der Waals surface area contributed by atoms with Crippen LogP contribution in [0, 0.1) is 11.3 Å². The number of anilines is 1. The number of rotatable bonds is 0. The Labute approximate surface area is 78.6 Å². The number of phenolic OH excluding ortho intramolecular Hbond substituents is 1. The summed E-state index contributed by atoms with van der Waals surface area (Å²) >= 11 is 1.29. The van der Waals surface area contributed by atoms with Crippen molar-refractivity contribution in [1.82, 2.24) is 0 Å². The number of phenols is 1. The summed E-state index contributed by atoms with van der Waals surface area (Å²) in [7, 11) is 0. The fourth-order valence-electron chi connectivity index (χ4n) is 1.19. The third kappa shape index (κ3) is 1.10. The monoisotopic (exact) mass is 190 g/mol. The van der Waals surface area contributed by atoms with Crippen molar-refractivity contribution in [2.24, 2.45) is 0 Å². The molecule has 0 aliphatic heterocycles. The van der Waals surface area contributed by atoms with Gasteiger partial charge in [0, 0.05) is 11.1 Å². The van der Waals surface area contributed by atoms with Crippen molar-refractivity contribution in [3.63, 3.8) is 0 Å². The molecule has 0 fully saturated rings. The van der Waals surface area contributed by atoms with Crippen molar-refractivity contribution in [3.05, 3.63) is 23.1 Å². The predicted molar refractivity (Wildman–Crippen MR) is 52.6 cm³/mol. The lowest BCUT2D eigenvalue weighted by molar-refractivity contribution is 0.482. The van der Waals surface area contributed by atoms with Gasteiger partial charge in [0.25, 0.3) is 0 Å². The van der Waals surface area contributed by atoms with Crippen LogP contribution in [0.2, 0.25) is 0 Å². The molecule has 1 aromatic heterocycles. The number of fused-ring (bicyclic) bond motifs is 1. The van der Waals surface area contributed by atoms with Crippen LogP contribution in [0.1, 0.15) is 4.88 Å². The number of nitriles is 1. The highest BCUT2D eigenvalue weighted by molar-refractivity contribution is 7.20. The maximum atomic E-state index is 9.45. The number of thiophene rings is 1. The highest BCUT2D eigenvalue weighted by atomic mass is 32.1. The summed E-state index contributed by atoms with van der Waals surface area (Å²) in [4.78, 5) is 0.559. The quantitative estimate of drug-likeness (QED) is 0.493. The number of nitrogens with zero attached hydrogens (tertiary/aromatic N) is 1. The molecule has 2 rings (SSSR count). The second-order valence-corrected chi connectivity index (χ2v) is 3.69. The first-order valence-electron chi connectivity index (χ1n) is 3.63. The van der Waals surface area contributed by atoms with Gasteiger partial charge < -0.3 is 10.8 Å². The minimum Gasteiger partial charge on any atom is -0.507 e. The van der Waals surface area contributed by atoms with E-state index in [1.165, 1.54) is 17.4 Å². The van der Waals surface area contributed by atoms with Crippen LogP contribution in [0.5, 0.6) is 5.75 Å². The summed E-state index contributed by atoms with van der Waals surface area (Å²) in [5.41, 5.74) is 6.28. The lowest BCUT2D eigenvalue weighted by Crippen LogP contribution is -1.82. The number of hydrogen-bond donors (Lipinski definition) is 2. The van der Waals surface area contributed by atoms with Gasteiger partial charge in [-0.3, -0.25) is 0 Å². The first-order valence-corrected chi connectivity index (χ1v) is 4.45. The molecule has 1 aromatic carbocycles. The molecule has 0 unspecified atom stereocenters. The zero-order valence-electron chi connectivity index (χ0n) is 6.61. The molecule has 0 aliphatic carbocycles. The third-order valence-electron chi connectivity index (χ3n) is 1.80. The molecule has 0 radical (unpaired) electrons. The van der Waals surface area contributed by atoms with Crippen molar-refractivity contribution in [3.8, 4) is 11.8 Å². The van der Waals surface area contributed by atoms with E-state index >= 15 is 0 Å². The van der Waals surface area contributed by atoms with Crippen molar-refractivity contribution >= 4 is 27.1 Å². The molecule has 3 N–H and O–H groups in total. The fourth-order valence-corrected chi connectivity index (χ4v) is 2.09. The van der Waals surface area contributed by atoms with E-state index in [9.17, 15) is 5.11 Å². The predicted octanol–water partition coefficient (Wildman–Crippen LogP) is 2.06. The molecule has 1 heterocycles. The highest BCUT2D eigenvalue weighted by Crippen LogP contribution is 2.35. The first kappa shape index (κ1) is 7.90. The van der Waals surface area contributed by atoms with Crippen LogP contribution in [-0.2, 0) is 0 Å². The van der Waals surface area contributed by atoms with E-state index < -0.39 is 0 Å². The van der Waals surface area contributed by atoms with E-state index in [4.69, 9.17) is 11.0 Å². The summed E-state index contributed by atoms with van der Waals surface area (Å²) in [6.07, 6.45) is 0. The minimum atomic E-state index is 0.168. The molecule has 0 spiro atoms. The lowest BCUT2D eigenvalue weighted by atomic mass is 10.2. The number of nitrogen functional groups attached to an aromatic ring is 1. The van der Waals surface area contributed by atoms with Gasteiger partial charge in [-0.05, 0) is 18.2 Å². The molecule has 13 heavy (non-hydrogen) atoms. The topological polar surface area (TPSA) is 70.0 Å². The second-order valence-electron chi connectivity index (χ2n) is 2.64. The highest BCUT2D eigenvalue weighted by Gasteiger charge is 2.07. The standard InChI is InChI=1S/C9H6N2OS/c10-4-5-3-6-8(12)2-1-7(11)9(6)13-5/h1-3,12H,11H2. The molecule has 0 amide bonds. The van der Waals surface area contributed by atoms with Crippen molar-refractivity contribution in [1.29, 1.82) is 5.26 Å². The number of hydrogen-bond acceptors (Lipinski definition) is 4. The molecule has 2 aromatic rings. The maximum absolute atomic E-state index is 9.45. The van der Waals surface area contributed by atoms with Crippen LogP contribution < -0.4 is 5.73 Å². The lowest BCUT2D eigenvalue weighted by Gasteiger charge is -1.96. The Morgan fingerprint density at radius 3 is 2.85 bits per heavy atom. The number of aromatic hydroxyl groups is 1. The molecule has 0 bridgehead atoms. The Morgan fingerprint density at radius 1 is 1.46 bits per heavy atom. The van der Waals surface area contributed by atoms with Crippen LogP contribution in [0.4, 0.5) is 5.69 Å². The summed E-state index contributed by atoms with van der Waals surface area (Å²) in [5, 5.41) is 18.8. The number of benzene rings is 1. The van der Waals surface area contributed by atoms with E-state index in [1.807, 2.05) is 6.07 Å². The molecule has 0 aliphatic rings. The molecule has 0 atom stereocenters. The molecule has 0 saturated carbocycles. The van der Waals surface area contributed by atoms with Gasteiger partial charge in [0.2, 0.25) is 0 Å². The molecule has 4 heteroatoms. The zero-order chi connectivity index (χ0) is 9.42. The van der Waals surface area contributed by atoms with Crippen LogP contribution in [-0.4, -0.2) is 5.11 Å². The molecule has 3 nitrogen and oxygen atoms in total. The van der Waals surface area contributed by atoms with Gasteiger partial charge in [0.15, 0.2) is 0 Å².